The van der Waals surface area contributed by atoms with E-state index in [1.54, 1.807) is 0 Å². The topological polar surface area (TPSA) is 52.0 Å². The van der Waals surface area contributed by atoms with Gasteiger partial charge in [0.1, 0.15) is 5.76 Å². The van der Waals surface area contributed by atoms with Crippen LogP contribution in [0.2, 0.25) is 0 Å². The first-order valence-electron chi connectivity index (χ1n) is 3.31. The van der Waals surface area contributed by atoms with Crippen molar-refractivity contribution in [2.24, 2.45) is 5.73 Å². The number of nitrogens with two attached hydrogens (primary N) is 1. The van der Waals surface area contributed by atoms with Crippen LogP contribution in [0, 0.1) is 13.8 Å². The van der Waals surface area contributed by atoms with Crippen LogP contribution < -0.4 is 5.73 Å². The van der Waals surface area contributed by atoms with Gasteiger partial charge in [0.25, 0.3) is 0 Å². The third kappa shape index (κ3) is 1.77. The van der Waals surface area contributed by atoms with Crippen LogP contribution in [-0.2, 0) is 6.42 Å². The highest BCUT2D eigenvalue weighted by Gasteiger charge is 2.08. The highest BCUT2D eigenvalue weighted by Crippen LogP contribution is 2.12. The molecule has 0 aliphatic carbocycles. The van der Waals surface area contributed by atoms with Gasteiger partial charge in [-0.15, -0.1) is 0 Å². The molecule has 0 bridgehead atoms. The molecule has 1 rings (SSSR count). The lowest BCUT2D eigenvalue weighted by Gasteiger charge is -1.95. The van der Waals surface area contributed by atoms with Crippen molar-refractivity contribution in [3.8, 4) is 0 Å². The quantitative estimate of drug-likeness (QED) is 0.676. The van der Waals surface area contributed by atoms with E-state index >= 15 is 0 Å². The molecular weight excluding hydrogens is 160 g/mol. The highest BCUT2D eigenvalue weighted by molar-refractivity contribution is 7.80. The normalized spacial score (nSPS) is 10.0. The Bertz CT molecular complexity index is 260. The predicted octanol–water partition coefficient (Wildman–Crippen LogP) is 1.12. The second kappa shape index (κ2) is 3.00. The average Bonchev–Trinajstić information content (AvgIpc) is 2.18. The smallest absolute Gasteiger partial charge is 0.137 e. The van der Waals surface area contributed by atoms with Crippen LogP contribution in [0.1, 0.15) is 17.0 Å². The van der Waals surface area contributed by atoms with Crippen LogP contribution in [0.15, 0.2) is 4.52 Å². The molecule has 0 unspecified atom stereocenters. The van der Waals surface area contributed by atoms with Crippen LogP contribution in [-0.4, -0.2) is 10.1 Å². The molecule has 0 saturated heterocycles. The van der Waals surface area contributed by atoms with Crippen LogP contribution >= 0.6 is 12.2 Å². The van der Waals surface area contributed by atoms with Gasteiger partial charge >= 0.3 is 0 Å². The van der Waals surface area contributed by atoms with Crippen LogP contribution in [0.4, 0.5) is 0 Å². The fraction of sp³-hybridized carbons (Fsp3) is 0.429. The monoisotopic (exact) mass is 170 g/mol. The fourth-order valence-electron chi connectivity index (χ4n) is 0.928. The Morgan fingerprint density at radius 1 is 1.64 bits per heavy atom. The third-order valence-electron chi connectivity index (χ3n) is 1.53. The molecule has 1 aromatic heterocycles. The van der Waals surface area contributed by atoms with Gasteiger partial charge in [-0.2, -0.15) is 0 Å². The van der Waals surface area contributed by atoms with E-state index in [-0.39, 0.29) is 0 Å². The van der Waals surface area contributed by atoms with Crippen molar-refractivity contribution >= 4 is 17.2 Å². The summed E-state index contributed by atoms with van der Waals surface area (Å²) < 4.78 is 4.93. The minimum absolute atomic E-state index is 0.472. The van der Waals surface area contributed by atoms with E-state index in [0.717, 1.165) is 17.0 Å². The summed E-state index contributed by atoms with van der Waals surface area (Å²) in [4.78, 5) is 0.472. The maximum absolute atomic E-state index is 5.38. The van der Waals surface area contributed by atoms with Crippen molar-refractivity contribution in [1.29, 1.82) is 0 Å². The van der Waals surface area contributed by atoms with Gasteiger partial charge in [-0.05, 0) is 13.8 Å². The summed E-state index contributed by atoms with van der Waals surface area (Å²) >= 11 is 4.77. The number of aromatic nitrogens is 1. The SMILES string of the molecule is Cc1noc(C)c1CC(N)=S. The molecule has 60 valence electrons. The summed E-state index contributed by atoms with van der Waals surface area (Å²) in [6.45, 7) is 3.73. The Morgan fingerprint density at radius 3 is 2.64 bits per heavy atom. The van der Waals surface area contributed by atoms with Crippen LogP contribution in [0.5, 0.6) is 0 Å². The standard InChI is InChI=1S/C7H10N2OS/c1-4-6(3-7(8)11)5(2)10-9-4/h3H2,1-2H3,(H2,8,11). The number of hydrogen-bond donors (Lipinski definition) is 1. The molecule has 0 radical (unpaired) electrons. The summed E-state index contributed by atoms with van der Waals surface area (Å²) in [6, 6.07) is 0. The van der Waals surface area contributed by atoms with Crippen molar-refractivity contribution in [2.45, 2.75) is 20.3 Å². The molecule has 0 atom stereocenters. The molecule has 1 aromatic rings. The zero-order valence-corrected chi connectivity index (χ0v) is 7.36. The minimum atomic E-state index is 0.472. The number of rotatable bonds is 2. The van der Waals surface area contributed by atoms with E-state index in [9.17, 15) is 0 Å². The second-order valence-electron chi connectivity index (χ2n) is 2.45. The molecule has 2 N–H and O–H groups in total. The average molecular weight is 170 g/mol. The molecule has 3 nitrogen and oxygen atoms in total. The van der Waals surface area contributed by atoms with Crippen molar-refractivity contribution in [1.82, 2.24) is 5.16 Å². The largest absolute Gasteiger partial charge is 0.393 e. The summed E-state index contributed by atoms with van der Waals surface area (Å²) in [5, 5.41) is 3.78. The van der Waals surface area contributed by atoms with Crippen molar-refractivity contribution in [3.05, 3.63) is 17.0 Å². The minimum Gasteiger partial charge on any atom is -0.393 e. The molecule has 0 saturated carbocycles. The lowest BCUT2D eigenvalue weighted by Crippen LogP contribution is -2.11. The van der Waals surface area contributed by atoms with E-state index in [1.807, 2.05) is 13.8 Å². The Labute approximate surface area is 70.6 Å². The molecule has 0 aromatic carbocycles. The second-order valence-corrected chi connectivity index (χ2v) is 2.97. The zero-order valence-electron chi connectivity index (χ0n) is 6.55. The van der Waals surface area contributed by atoms with Gasteiger partial charge in [-0.25, -0.2) is 0 Å². The van der Waals surface area contributed by atoms with Crippen molar-refractivity contribution in [2.75, 3.05) is 0 Å². The number of hydrogen-bond acceptors (Lipinski definition) is 3. The molecule has 11 heavy (non-hydrogen) atoms. The van der Waals surface area contributed by atoms with Crippen LogP contribution in [0.25, 0.3) is 0 Å². The highest BCUT2D eigenvalue weighted by atomic mass is 32.1. The summed E-state index contributed by atoms with van der Waals surface area (Å²) in [7, 11) is 0. The molecule has 4 heteroatoms. The van der Waals surface area contributed by atoms with Gasteiger partial charge in [0.05, 0.1) is 10.7 Å². The lowest BCUT2D eigenvalue weighted by molar-refractivity contribution is 0.392. The summed E-state index contributed by atoms with van der Waals surface area (Å²) in [5.41, 5.74) is 7.27. The van der Waals surface area contributed by atoms with Gasteiger partial charge in [-0.1, -0.05) is 17.4 Å². The lowest BCUT2D eigenvalue weighted by atomic mass is 10.1. The van der Waals surface area contributed by atoms with Crippen LogP contribution in [0.3, 0.4) is 0 Å². The van der Waals surface area contributed by atoms with Gasteiger partial charge < -0.3 is 10.3 Å². The Morgan fingerprint density at radius 2 is 2.27 bits per heavy atom. The first kappa shape index (κ1) is 8.20. The Balaban J connectivity index is 2.92. The first-order chi connectivity index (χ1) is 5.11. The van der Waals surface area contributed by atoms with E-state index in [1.165, 1.54) is 0 Å². The molecule has 0 aliphatic heterocycles. The molecular formula is C7H10N2OS. The van der Waals surface area contributed by atoms with Gasteiger partial charge in [0, 0.05) is 12.0 Å². The molecule has 0 amide bonds. The molecule has 0 fully saturated rings. The molecule has 1 heterocycles. The maximum Gasteiger partial charge on any atom is 0.137 e. The molecule has 0 aliphatic rings. The van der Waals surface area contributed by atoms with E-state index in [2.05, 4.69) is 5.16 Å². The third-order valence-corrected chi connectivity index (χ3v) is 1.68. The van der Waals surface area contributed by atoms with Gasteiger partial charge in [-0.3, -0.25) is 0 Å². The van der Waals surface area contributed by atoms with Gasteiger partial charge in [0.15, 0.2) is 0 Å². The maximum atomic E-state index is 5.38. The van der Waals surface area contributed by atoms with E-state index < -0.39 is 0 Å². The summed E-state index contributed by atoms with van der Waals surface area (Å²) in [5.74, 6) is 0.801. The summed E-state index contributed by atoms with van der Waals surface area (Å²) in [6.07, 6.45) is 0.580. The number of thiocarbonyl (C=S) groups is 1. The molecule has 0 spiro atoms. The fourth-order valence-corrected chi connectivity index (χ4v) is 1.07. The Hall–Kier alpha value is -0.900. The zero-order chi connectivity index (χ0) is 8.43. The van der Waals surface area contributed by atoms with E-state index in [0.29, 0.717) is 11.4 Å². The Kier molecular flexibility index (Phi) is 2.24. The first-order valence-corrected chi connectivity index (χ1v) is 3.72. The van der Waals surface area contributed by atoms with Gasteiger partial charge in [0.2, 0.25) is 0 Å². The number of aryl methyl sites for hydroxylation is 2. The number of nitrogens with zero attached hydrogens (tertiary/aromatic N) is 1. The van der Waals surface area contributed by atoms with Crippen molar-refractivity contribution < 1.29 is 4.52 Å². The van der Waals surface area contributed by atoms with Crippen molar-refractivity contribution in [3.63, 3.8) is 0 Å². The van der Waals surface area contributed by atoms with E-state index in [4.69, 9.17) is 22.5 Å². The predicted molar refractivity (Wildman–Crippen MR) is 46.5 cm³/mol.